The normalized spacial score (nSPS) is 16.5. The van der Waals surface area contributed by atoms with E-state index in [4.69, 9.17) is 0 Å². The van der Waals surface area contributed by atoms with Crippen molar-refractivity contribution in [2.75, 3.05) is 24.7 Å². The van der Waals surface area contributed by atoms with E-state index in [1.165, 1.54) is 48.5 Å². The van der Waals surface area contributed by atoms with Gasteiger partial charge in [0.25, 0.3) is 5.91 Å². The molecule has 0 aliphatic carbocycles. The molecule has 0 saturated carbocycles. The molecule has 37 heavy (non-hydrogen) atoms. The van der Waals surface area contributed by atoms with E-state index in [-0.39, 0.29) is 34.9 Å². The third-order valence-electron chi connectivity index (χ3n) is 5.92. The molecule has 1 N–H and O–H groups in total. The smallest absolute Gasteiger partial charge is 0.405 e. The molecule has 0 aromatic heterocycles. The van der Waals surface area contributed by atoms with Crippen LogP contribution in [0.3, 0.4) is 0 Å². The minimum Gasteiger partial charge on any atom is -0.405 e. The van der Waals surface area contributed by atoms with Gasteiger partial charge in [-0.05, 0) is 60.0 Å². The van der Waals surface area contributed by atoms with Gasteiger partial charge in [0.1, 0.15) is 11.9 Å². The summed E-state index contributed by atoms with van der Waals surface area (Å²) in [6.07, 6.45) is -4.45. The van der Waals surface area contributed by atoms with Crippen molar-refractivity contribution in [1.82, 2.24) is 4.90 Å². The van der Waals surface area contributed by atoms with Crippen molar-refractivity contribution in [2.24, 2.45) is 0 Å². The molecule has 1 aliphatic rings. The van der Waals surface area contributed by atoms with E-state index in [9.17, 15) is 30.8 Å². The molecule has 3 aromatic rings. The number of para-hydroxylation sites is 1. The van der Waals surface area contributed by atoms with Crippen molar-refractivity contribution in [2.45, 2.75) is 30.4 Å². The average molecular weight is 537 g/mol. The fourth-order valence-corrected chi connectivity index (χ4v) is 4.82. The zero-order valence-corrected chi connectivity index (χ0v) is 20.6. The molecule has 0 bridgehead atoms. The number of halogens is 4. The highest BCUT2D eigenvalue weighted by Gasteiger charge is 2.32. The third-order valence-corrected chi connectivity index (χ3v) is 7.05. The Labute approximate surface area is 211 Å². The molecule has 1 amide bonds. The van der Waals surface area contributed by atoms with Gasteiger partial charge >= 0.3 is 6.36 Å². The molecule has 3 aromatic carbocycles. The second-order valence-corrected chi connectivity index (χ2v) is 10.8. The first-order valence-electron chi connectivity index (χ1n) is 11.3. The number of amides is 1. The second-order valence-electron chi connectivity index (χ2n) is 8.79. The zero-order valence-electron chi connectivity index (χ0n) is 19.8. The first-order valence-corrected chi connectivity index (χ1v) is 13.2. The van der Waals surface area contributed by atoms with Gasteiger partial charge in [0.15, 0.2) is 9.84 Å². The number of alkyl halides is 4. The minimum absolute atomic E-state index is 0.105. The lowest BCUT2D eigenvalue weighted by molar-refractivity contribution is -0.274. The number of carbonyl (C=O) groups excluding carboxylic acids is 1. The van der Waals surface area contributed by atoms with Crippen LogP contribution < -0.4 is 10.1 Å². The van der Waals surface area contributed by atoms with Crippen LogP contribution in [0.5, 0.6) is 5.75 Å². The number of hydrogen-bond donors (Lipinski definition) is 1. The fourth-order valence-electron chi connectivity index (χ4n) is 4.19. The van der Waals surface area contributed by atoms with Crippen LogP contribution in [0.2, 0.25) is 0 Å². The summed E-state index contributed by atoms with van der Waals surface area (Å²) in [4.78, 5) is 14.9. The van der Waals surface area contributed by atoms with Gasteiger partial charge in [0, 0.05) is 42.7 Å². The number of ether oxygens (including phenoxy) is 1. The summed E-state index contributed by atoms with van der Waals surface area (Å²) in [6.45, 7) is 0.883. The molecular formula is C26H24F4N2O4S. The first kappa shape index (κ1) is 26.6. The van der Waals surface area contributed by atoms with Crippen molar-refractivity contribution in [3.63, 3.8) is 0 Å². The lowest BCUT2D eigenvalue weighted by Crippen LogP contribution is -2.22. The Morgan fingerprint density at radius 2 is 1.76 bits per heavy atom. The average Bonchev–Trinajstić information content (AvgIpc) is 3.23. The van der Waals surface area contributed by atoms with Crippen LogP contribution in [0.15, 0.2) is 71.6 Å². The van der Waals surface area contributed by atoms with Crippen molar-refractivity contribution >= 4 is 21.4 Å². The highest BCUT2D eigenvalue weighted by atomic mass is 32.2. The Balaban J connectivity index is 1.67. The van der Waals surface area contributed by atoms with Gasteiger partial charge in [-0.25, -0.2) is 12.8 Å². The number of nitrogens with zero attached hydrogens (tertiary/aromatic N) is 1. The van der Waals surface area contributed by atoms with Gasteiger partial charge in [0.2, 0.25) is 0 Å². The third kappa shape index (κ3) is 6.86. The first-order chi connectivity index (χ1) is 17.4. The summed E-state index contributed by atoms with van der Waals surface area (Å²) >= 11 is 0. The SMILES string of the molecule is CS(=O)(=O)c1ccc(NC(=O)c2ccc(-c3ccccc3OC(F)(F)F)c(CN3CC[C@@H](F)C3)c2)cc1. The molecule has 0 radical (unpaired) electrons. The van der Waals surface area contributed by atoms with E-state index in [1.807, 2.05) is 4.90 Å². The largest absolute Gasteiger partial charge is 0.573 e. The van der Waals surface area contributed by atoms with Crippen molar-refractivity contribution < 1.29 is 35.5 Å². The number of nitrogens with one attached hydrogen (secondary N) is 1. The number of hydrogen-bond acceptors (Lipinski definition) is 5. The summed E-state index contributed by atoms with van der Waals surface area (Å²) < 4.78 is 80.4. The van der Waals surface area contributed by atoms with Gasteiger partial charge in [-0.2, -0.15) is 0 Å². The quantitative estimate of drug-likeness (QED) is 0.407. The van der Waals surface area contributed by atoms with Crippen LogP contribution in [0.25, 0.3) is 11.1 Å². The summed E-state index contributed by atoms with van der Waals surface area (Å²) in [5.41, 5.74) is 1.75. The van der Waals surface area contributed by atoms with Gasteiger partial charge in [-0.1, -0.05) is 24.3 Å². The molecule has 1 heterocycles. The van der Waals surface area contributed by atoms with E-state index in [0.29, 0.717) is 29.8 Å². The molecular weight excluding hydrogens is 512 g/mol. The zero-order chi connectivity index (χ0) is 26.8. The van der Waals surface area contributed by atoms with E-state index in [0.717, 1.165) is 6.26 Å². The maximum absolute atomic E-state index is 13.8. The number of benzene rings is 3. The number of sulfone groups is 1. The molecule has 196 valence electrons. The number of likely N-dealkylation sites (tertiary alicyclic amines) is 1. The fraction of sp³-hybridized carbons (Fsp3) is 0.269. The molecule has 4 rings (SSSR count). The summed E-state index contributed by atoms with van der Waals surface area (Å²) in [5.74, 6) is -0.881. The molecule has 6 nitrogen and oxygen atoms in total. The maximum atomic E-state index is 13.8. The van der Waals surface area contributed by atoms with Gasteiger partial charge in [0.05, 0.1) is 4.90 Å². The Morgan fingerprint density at radius 1 is 1.05 bits per heavy atom. The molecule has 1 atom stereocenters. The Morgan fingerprint density at radius 3 is 2.38 bits per heavy atom. The van der Waals surface area contributed by atoms with Crippen LogP contribution in [-0.4, -0.2) is 51.1 Å². The molecule has 1 aliphatic heterocycles. The van der Waals surface area contributed by atoms with Crippen LogP contribution in [0, 0.1) is 0 Å². The van der Waals surface area contributed by atoms with E-state index in [2.05, 4.69) is 10.1 Å². The van der Waals surface area contributed by atoms with Gasteiger partial charge in [-0.3, -0.25) is 9.69 Å². The topological polar surface area (TPSA) is 75.7 Å². The van der Waals surface area contributed by atoms with Gasteiger partial charge < -0.3 is 10.1 Å². The minimum atomic E-state index is -4.89. The van der Waals surface area contributed by atoms with E-state index in [1.54, 1.807) is 18.2 Å². The van der Waals surface area contributed by atoms with Crippen LogP contribution in [0.4, 0.5) is 23.2 Å². The predicted octanol–water partition coefficient (Wildman–Crippen LogP) is 5.45. The highest BCUT2D eigenvalue weighted by Crippen LogP contribution is 2.36. The van der Waals surface area contributed by atoms with Crippen molar-refractivity contribution in [3.8, 4) is 16.9 Å². The van der Waals surface area contributed by atoms with E-state index >= 15 is 0 Å². The summed E-state index contributed by atoms with van der Waals surface area (Å²) in [7, 11) is -3.39. The summed E-state index contributed by atoms with van der Waals surface area (Å²) in [5, 5.41) is 2.69. The Bertz CT molecular complexity index is 1390. The second kappa shape index (κ2) is 10.5. The lowest BCUT2D eigenvalue weighted by Gasteiger charge is -2.20. The van der Waals surface area contributed by atoms with Crippen molar-refractivity contribution in [1.29, 1.82) is 0 Å². The standard InChI is InChI=1S/C26H24F4N2O4S/c1-37(34,35)21-9-7-20(8-10-21)31-25(33)17-6-11-22(18(14-17)15-32-13-12-19(27)16-32)23-4-2-3-5-24(23)36-26(28,29)30/h2-11,14,19H,12-13,15-16H2,1H3,(H,31,33)/t19-/m1/s1. The van der Waals surface area contributed by atoms with Crippen LogP contribution in [-0.2, 0) is 16.4 Å². The van der Waals surface area contributed by atoms with Crippen molar-refractivity contribution in [3.05, 3.63) is 77.9 Å². The monoisotopic (exact) mass is 536 g/mol. The van der Waals surface area contributed by atoms with Crippen LogP contribution in [0.1, 0.15) is 22.3 Å². The van der Waals surface area contributed by atoms with E-state index < -0.39 is 28.3 Å². The lowest BCUT2D eigenvalue weighted by atomic mass is 9.96. The summed E-state index contributed by atoms with van der Waals surface area (Å²) in [6, 6.07) is 15.9. The molecule has 1 fully saturated rings. The predicted molar refractivity (Wildman–Crippen MR) is 131 cm³/mol. The molecule has 1 saturated heterocycles. The number of anilines is 1. The molecule has 0 unspecified atom stereocenters. The van der Waals surface area contributed by atoms with Crippen LogP contribution >= 0.6 is 0 Å². The maximum Gasteiger partial charge on any atom is 0.573 e. The molecule has 11 heteroatoms. The Kier molecular flexibility index (Phi) is 7.56. The Hall–Kier alpha value is -3.44. The highest BCUT2D eigenvalue weighted by molar-refractivity contribution is 7.90. The number of rotatable bonds is 7. The molecule has 0 spiro atoms. The number of carbonyl (C=O) groups is 1. The van der Waals surface area contributed by atoms with Gasteiger partial charge in [-0.15, -0.1) is 13.2 Å².